The molecule has 0 aliphatic rings. The number of fused-ring (bicyclic) bond motifs is 1. The summed E-state index contributed by atoms with van der Waals surface area (Å²) in [5.41, 5.74) is 2.52. The Bertz CT molecular complexity index is 467. The molecule has 0 aliphatic heterocycles. The first-order valence-electron chi connectivity index (χ1n) is 3.34. The number of aromatic nitrogens is 2. The van der Waals surface area contributed by atoms with Gasteiger partial charge in [-0.3, -0.25) is 0 Å². The first kappa shape index (κ1) is 7.55. The molecule has 1 aromatic carbocycles. The largest absolute Gasteiger partial charge is 0.345 e. The van der Waals surface area contributed by atoms with Gasteiger partial charge in [-0.05, 0) is 34.7 Å². The van der Waals surface area contributed by atoms with Crippen molar-refractivity contribution in [1.82, 2.24) is 9.97 Å². The predicted octanol–water partition coefficient (Wildman–Crippen LogP) is 2.04. The molecule has 0 unspecified atom stereocenters. The van der Waals surface area contributed by atoms with Crippen LogP contribution in [0, 0.1) is 14.9 Å². The second kappa shape index (κ2) is 2.75. The van der Waals surface area contributed by atoms with E-state index in [2.05, 4.69) is 38.6 Å². The highest BCUT2D eigenvalue weighted by molar-refractivity contribution is 14.1. The standard InChI is InChI=1S/C8H4IN3/c9-7-5(3-10)1-2-6-8(7)12-4-11-6/h1-2,4H,(H,11,12). The molecular weight excluding hydrogens is 265 g/mol. The van der Waals surface area contributed by atoms with Crippen LogP contribution >= 0.6 is 22.6 Å². The minimum Gasteiger partial charge on any atom is -0.345 e. The molecule has 2 rings (SSSR count). The number of halogens is 1. The third-order valence-corrected chi connectivity index (χ3v) is 2.74. The van der Waals surface area contributed by atoms with Gasteiger partial charge in [0.2, 0.25) is 0 Å². The molecule has 1 heterocycles. The molecule has 0 saturated heterocycles. The van der Waals surface area contributed by atoms with Gasteiger partial charge in [-0.1, -0.05) is 0 Å². The molecule has 12 heavy (non-hydrogen) atoms. The Morgan fingerprint density at radius 3 is 3.08 bits per heavy atom. The van der Waals surface area contributed by atoms with Gasteiger partial charge in [0.05, 0.1) is 21.0 Å². The second-order valence-electron chi connectivity index (χ2n) is 2.34. The van der Waals surface area contributed by atoms with Gasteiger partial charge in [-0.25, -0.2) is 4.98 Å². The summed E-state index contributed by atoms with van der Waals surface area (Å²) in [6.45, 7) is 0. The lowest BCUT2D eigenvalue weighted by atomic mass is 10.2. The van der Waals surface area contributed by atoms with Gasteiger partial charge in [0.25, 0.3) is 0 Å². The molecule has 0 atom stereocenters. The van der Waals surface area contributed by atoms with Crippen LogP contribution in [0.2, 0.25) is 0 Å². The lowest BCUT2D eigenvalue weighted by Crippen LogP contribution is -1.82. The van der Waals surface area contributed by atoms with Crippen molar-refractivity contribution in [2.75, 3.05) is 0 Å². The SMILES string of the molecule is N#Cc1ccc2[nH]cnc2c1I. The zero-order valence-corrected chi connectivity index (χ0v) is 8.16. The van der Waals surface area contributed by atoms with Crippen LogP contribution in [0.4, 0.5) is 0 Å². The summed E-state index contributed by atoms with van der Waals surface area (Å²) in [7, 11) is 0. The summed E-state index contributed by atoms with van der Waals surface area (Å²) in [6, 6.07) is 5.77. The summed E-state index contributed by atoms with van der Waals surface area (Å²) in [5.74, 6) is 0. The molecule has 58 valence electrons. The van der Waals surface area contributed by atoms with Gasteiger partial charge in [-0.15, -0.1) is 0 Å². The number of benzene rings is 1. The minimum atomic E-state index is 0.676. The van der Waals surface area contributed by atoms with Crippen molar-refractivity contribution in [3.05, 3.63) is 27.6 Å². The Morgan fingerprint density at radius 2 is 2.33 bits per heavy atom. The van der Waals surface area contributed by atoms with E-state index in [-0.39, 0.29) is 0 Å². The molecule has 0 bridgehead atoms. The Balaban J connectivity index is 2.89. The normalized spacial score (nSPS) is 10.0. The van der Waals surface area contributed by atoms with Crippen LogP contribution in [0.15, 0.2) is 18.5 Å². The van der Waals surface area contributed by atoms with Gasteiger partial charge < -0.3 is 4.98 Å². The number of nitrogens with zero attached hydrogens (tertiary/aromatic N) is 2. The van der Waals surface area contributed by atoms with Gasteiger partial charge >= 0.3 is 0 Å². The van der Waals surface area contributed by atoms with E-state index in [1.54, 1.807) is 12.4 Å². The Morgan fingerprint density at radius 1 is 1.50 bits per heavy atom. The van der Waals surface area contributed by atoms with Crippen LogP contribution in [0.5, 0.6) is 0 Å². The third-order valence-electron chi connectivity index (χ3n) is 1.65. The Kier molecular flexibility index (Phi) is 1.73. The number of hydrogen-bond acceptors (Lipinski definition) is 2. The molecule has 0 fully saturated rings. The molecule has 4 heteroatoms. The third kappa shape index (κ3) is 0.975. The fourth-order valence-electron chi connectivity index (χ4n) is 1.06. The maximum atomic E-state index is 8.72. The lowest BCUT2D eigenvalue weighted by Gasteiger charge is -1.94. The summed E-state index contributed by atoms with van der Waals surface area (Å²) in [6.07, 6.45) is 1.63. The average molecular weight is 269 g/mol. The van der Waals surface area contributed by atoms with Crippen LogP contribution in [-0.4, -0.2) is 9.97 Å². The van der Waals surface area contributed by atoms with E-state index in [1.165, 1.54) is 0 Å². The molecule has 0 spiro atoms. The first-order chi connectivity index (χ1) is 5.83. The highest BCUT2D eigenvalue weighted by Crippen LogP contribution is 2.20. The van der Waals surface area contributed by atoms with Gasteiger partial charge in [0.15, 0.2) is 0 Å². The zero-order chi connectivity index (χ0) is 8.55. The average Bonchev–Trinajstić information content (AvgIpc) is 2.53. The van der Waals surface area contributed by atoms with Crippen molar-refractivity contribution in [3.8, 4) is 6.07 Å². The number of rotatable bonds is 0. The molecule has 0 saturated carbocycles. The van der Waals surface area contributed by atoms with E-state index in [4.69, 9.17) is 5.26 Å². The molecular formula is C8H4IN3. The maximum Gasteiger partial charge on any atom is 0.103 e. The zero-order valence-electron chi connectivity index (χ0n) is 6.00. The first-order valence-corrected chi connectivity index (χ1v) is 4.42. The maximum absolute atomic E-state index is 8.72. The highest BCUT2D eigenvalue weighted by atomic mass is 127. The monoisotopic (exact) mass is 269 g/mol. The Hall–Kier alpha value is -1.09. The van der Waals surface area contributed by atoms with Gasteiger partial charge in [0, 0.05) is 0 Å². The van der Waals surface area contributed by atoms with Crippen LogP contribution in [0.25, 0.3) is 11.0 Å². The summed E-state index contributed by atoms with van der Waals surface area (Å²) in [5, 5.41) is 8.72. The molecule has 3 nitrogen and oxygen atoms in total. The second-order valence-corrected chi connectivity index (χ2v) is 3.42. The number of H-pyrrole nitrogens is 1. The van der Waals surface area contributed by atoms with E-state index in [0.29, 0.717) is 5.56 Å². The van der Waals surface area contributed by atoms with Crippen molar-refractivity contribution in [2.45, 2.75) is 0 Å². The number of aromatic amines is 1. The van der Waals surface area contributed by atoms with Crippen LogP contribution in [0.1, 0.15) is 5.56 Å². The number of nitrogens with one attached hydrogen (secondary N) is 1. The topological polar surface area (TPSA) is 52.5 Å². The van der Waals surface area contributed by atoms with E-state index < -0.39 is 0 Å². The molecule has 0 radical (unpaired) electrons. The highest BCUT2D eigenvalue weighted by Gasteiger charge is 2.05. The smallest absolute Gasteiger partial charge is 0.103 e. The van der Waals surface area contributed by atoms with Crippen molar-refractivity contribution >= 4 is 33.6 Å². The molecule has 1 aromatic heterocycles. The number of nitriles is 1. The van der Waals surface area contributed by atoms with Crippen molar-refractivity contribution in [1.29, 1.82) is 5.26 Å². The molecule has 2 aromatic rings. The minimum absolute atomic E-state index is 0.676. The quantitative estimate of drug-likeness (QED) is 0.744. The Labute approximate surface area is 82.6 Å². The van der Waals surface area contributed by atoms with Crippen LogP contribution in [-0.2, 0) is 0 Å². The number of hydrogen-bond donors (Lipinski definition) is 1. The molecule has 1 N–H and O–H groups in total. The fourth-order valence-corrected chi connectivity index (χ4v) is 1.79. The summed E-state index contributed by atoms with van der Waals surface area (Å²) >= 11 is 2.13. The van der Waals surface area contributed by atoms with E-state index in [9.17, 15) is 0 Å². The van der Waals surface area contributed by atoms with E-state index in [0.717, 1.165) is 14.6 Å². The lowest BCUT2D eigenvalue weighted by molar-refractivity contribution is 1.34. The van der Waals surface area contributed by atoms with Crippen LogP contribution < -0.4 is 0 Å². The molecule has 0 aliphatic carbocycles. The summed E-state index contributed by atoms with van der Waals surface area (Å²) < 4.78 is 0.911. The van der Waals surface area contributed by atoms with Crippen molar-refractivity contribution in [3.63, 3.8) is 0 Å². The van der Waals surface area contributed by atoms with E-state index >= 15 is 0 Å². The molecule has 0 amide bonds. The van der Waals surface area contributed by atoms with Crippen LogP contribution in [0.3, 0.4) is 0 Å². The van der Waals surface area contributed by atoms with Crippen molar-refractivity contribution in [2.24, 2.45) is 0 Å². The number of imidazole rings is 1. The van der Waals surface area contributed by atoms with Crippen molar-refractivity contribution < 1.29 is 0 Å². The fraction of sp³-hybridized carbons (Fsp3) is 0. The summed E-state index contributed by atoms with van der Waals surface area (Å²) in [4.78, 5) is 7.10. The van der Waals surface area contributed by atoms with E-state index in [1.807, 2.05) is 6.07 Å². The van der Waals surface area contributed by atoms with Gasteiger partial charge in [-0.2, -0.15) is 5.26 Å². The predicted molar refractivity (Wildman–Crippen MR) is 53.5 cm³/mol. The van der Waals surface area contributed by atoms with Gasteiger partial charge in [0.1, 0.15) is 11.6 Å².